The number of carbonyl (C=O) groups excluding carboxylic acids is 4. The summed E-state index contributed by atoms with van der Waals surface area (Å²) in [5, 5.41) is 10.6. The van der Waals surface area contributed by atoms with E-state index >= 15 is 0 Å². The third-order valence-electron chi connectivity index (χ3n) is 7.30. The minimum atomic E-state index is -0.668. The lowest BCUT2D eigenvalue weighted by Gasteiger charge is -2.36. The van der Waals surface area contributed by atoms with Crippen molar-refractivity contribution in [3.8, 4) is 5.69 Å². The molecule has 184 valence electrons. The number of hydrogen-bond acceptors (Lipinski definition) is 6. The average molecular weight is 488 g/mol. The van der Waals surface area contributed by atoms with E-state index in [1.807, 2.05) is 35.4 Å². The summed E-state index contributed by atoms with van der Waals surface area (Å²) in [6.07, 6.45) is 4.93. The zero-order valence-corrected chi connectivity index (χ0v) is 19.8. The summed E-state index contributed by atoms with van der Waals surface area (Å²) in [6.45, 7) is 3.69. The van der Waals surface area contributed by atoms with Gasteiger partial charge in [0.15, 0.2) is 5.69 Å². The SMILES string of the molecule is CCC1c2cccn2CCN1C(=O)c1cn(-c2ccc3c(c2)C(=O)N(C2CCC(=O)NC2=O)C3)nn1. The molecule has 11 heteroatoms. The van der Waals surface area contributed by atoms with Gasteiger partial charge in [0.05, 0.1) is 17.9 Å². The Hall–Kier alpha value is -4.28. The van der Waals surface area contributed by atoms with E-state index in [0.29, 0.717) is 30.8 Å². The molecule has 3 aromatic rings. The second-order valence-corrected chi connectivity index (χ2v) is 9.34. The van der Waals surface area contributed by atoms with Crippen LogP contribution in [0, 0.1) is 0 Å². The Labute approximate surface area is 206 Å². The molecule has 4 amide bonds. The van der Waals surface area contributed by atoms with Crippen LogP contribution in [0.15, 0.2) is 42.7 Å². The first-order valence-corrected chi connectivity index (χ1v) is 12.1. The lowest BCUT2D eigenvalue weighted by atomic mass is 10.0. The smallest absolute Gasteiger partial charge is 0.276 e. The summed E-state index contributed by atoms with van der Waals surface area (Å²) < 4.78 is 3.66. The summed E-state index contributed by atoms with van der Waals surface area (Å²) in [4.78, 5) is 53.6. The number of hydrogen-bond donors (Lipinski definition) is 1. The monoisotopic (exact) mass is 487 g/mol. The highest BCUT2D eigenvalue weighted by Crippen LogP contribution is 2.31. The lowest BCUT2D eigenvalue weighted by Crippen LogP contribution is -2.52. The van der Waals surface area contributed by atoms with E-state index in [9.17, 15) is 19.2 Å². The molecule has 1 aromatic carbocycles. The van der Waals surface area contributed by atoms with Crippen LogP contribution in [0.2, 0.25) is 0 Å². The molecule has 3 aliphatic heterocycles. The van der Waals surface area contributed by atoms with Gasteiger partial charge in [0.1, 0.15) is 6.04 Å². The van der Waals surface area contributed by atoms with Crippen molar-refractivity contribution in [2.75, 3.05) is 6.54 Å². The molecule has 1 saturated heterocycles. The molecule has 11 nitrogen and oxygen atoms in total. The highest BCUT2D eigenvalue weighted by Gasteiger charge is 2.39. The maximum Gasteiger partial charge on any atom is 0.276 e. The average Bonchev–Trinajstić information content (AvgIpc) is 3.62. The van der Waals surface area contributed by atoms with Gasteiger partial charge in [0, 0.05) is 43.5 Å². The number of amides is 4. The molecule has 0 saturated carbocycles. The summed E-state index contributed by atoms with van der Waals surface area (Å²) >= 11 is 0. The highest BCUT2D eigenvalue weighted by atomic mass is 16.2. The molecule has 0 aliphatic carbocycles. The zero-order valence-electron chi connectivity index (χ0n) is 19.8. The van der Waals surface area contributed by atoms with E-state index in [0.717, 1.165) is 24.2 Å². The number of imide groups is 1. The third-order valence-corrected chi connectivity index (χ3v) is 7.30. The molecule has 1 N–H and O–H groups in total. The number of piperidine rings is 1. The van der Waals surface area contributed by atoms with Gasteiger partial charge in [0.25, 0.3) is 11.8 Å². The maximum atomic E-state index is 13.3. The molecule has 3 aliphatic rings. The number of carbonyl (C=O) groups is 4. The topological polar surface area (TPSA) is 122 Å². The molecule has 1 fully saturated rings. The number of fused-ring (bicyclic) bond motifs is 2. The fourth-order valence-electron chi connectivity index (χ4n) is 5.46. The van der Waals surface area contributed by atoms with Crippen LogP contribution in [0.1, 0.15) is 64.3 Å². The summed E-state index contributed by atoms with van der Waals surface area (Å²) in [5.74, 6) is -1.20. The number of nitrogens with one attached hydrogen (secondary N) is 1. The number of benzene rings is 1. The van der Waals surface area contributed by atoms with Crippen molar-refractivity contribution in [1.82, 2.24) is 34.7 Å². The molecule has 2 aromatic heterocycles. The fraction of sp³-hybridized carbons (Fsp3) is 0.360. The molecule has 5 heterocycles. The molecular formula is C25H25N7O4. The Morgan fingerprint density at radius 1 is 1.17 bits per heavy atom. The van der Waals surface area contributed by atoms with Gasteiger partial charge in [-0.3, -0.25) is 24.5 Å². The predicted octanol–water partition coefficient (Wildman–Crippen LogP) is 1.44. The van der Waals surface area contributed by atoms with E-state index < -0.39 is 11.9 Å². The van der Waals surface area contributed by atoms with E-state index in [1.165, 1.54) is 9.58 Å². The van der Waals surface area contributed by atoms with E-state index in [1.54, 1.807) is 12.3 Å². The van der Waals surface area contributed by atoms with Crippen molar-refractivity contribution in [2.45, 2.75) is 51.4 Å². The standard InChI is InChI=1S/C25H25N7O4/c1-2-19-20-4-3-9-29(20)10-11-30(19)25(36)18-14-32(28-27-18)16-6-5-15-13-31(24(35)17(15)12-16)21-7-8-22(33)26-23(21)34/h3-6,9,12,14,19,21H,2,7-8,10-11,13H2,1H3,(H,26,33,34). The Balaban J connectivity index is 1.22. The van der Waals surface area contributed by atoms with Crippen LogP contribution in [-0.4, -0.2) is 65.6 Å². The largest absolute Gasteiger partial charge is 0.348 e. The fourth-order valence-corrected chi connectivity index (χ4v) is 5.46. The second kappa shape index (κ2) is 8.43. The number of rotatable bonds is 4. The Kier molecular flexibility index (Phi) is 5.20. The summed E-state index contributed by atoms with van der Waals surface area (Å²) in [7, 11) is 0. The number of aromatic nitrogens is 4. The van der Waals surface area contributed by atoms with Gasteiger partial charge >= 0.3 is 0 Å². The van der Waals surface area contributed by atoms with Crippen molar-refractivity contribution < 1.29 is 19.2 Å². The van der Waals surface area contributed by atoms with Gasteiger partial charge in [-0.1, -0.05) is 18.2 Å². The molecule has 0 spiro atoms. The van der Waals surface area contributed by atoms with Crippen LogP contribution >= 0.6 is 0 Å². The Bertz CT molecular complexity index is 1410. The highest BCUT2D eigenvalue weighted by molar-refractivity contribution is 6.05. The lowest BCUT2D eigenvalue weighted by molar-refractivity contribution is -0.136. The van der Waals surface area contributed by atoms with Crippen LogP contribution in [0.25, 0.3) is 5.69 Å². The minimum absolute atomic E-state index is 0.0257. The van der Waals surface area contributed by atoms with Gasteiger partial charge in [-0.15, -0.1) is 5.10 Å². The van der Waals surface area contributed by atoms with Crippen LogP contribution in [0.4, 0.5) is 0 Å². The van der Waals surface area contributed by atoms with Crippen LogP contribution in [0.5, 0.6) is 0 Å². The van der Waals surface area contributed by atoms with Gasteiger partial charge in [-0.05, 0) is 42.7 Å². The molecule has 0 radical (unpaired) electrons. The Morgan fingerprint density at radius 3 is 2.83 bits per heavy atom. The molecule has 0 bridgehead atoms. The Morgan fingerprint density at radius 2 is 2.03 bits per heavy atom. The van der Waals surface area contributed by atoms with Crippen LogP contribution in [-0.2, 0) is 22.7 Å². The van der Waals surface area contributed by atoms with E-state index in [-0.39, 0.29) is 35.9 Å². The van der Waals surface area contributed by atoms with Crippen LogP contribution in [0.3, 0.4) is 0 Å². The first kappa shape index (κ1) is 22.2. The molecule has 6 rings (SSSR count). The normalized spacial score (nSPS) is 21.4. The zero-order chi connectivity index (χ0) is 25.0. The predicted molar refractivity (Wildman–Crippen MR) is 126 cm³/mol. The van der Waals surface area contributed by atoms with Gasteiger partial charge in [0.2, 0.25) is 11.8 Å². The minimum Gasteiger partial charge on any atom is -0.348 e. The first-order chi connectivity index (χ1) is 17.4. The van der Waals surface area contributed by atoms with Crippen molar-refractivity contribution in [1.29, 1.82) is 0 Å². The molecular weight excluding hydrogens is 462 g/mol. The quantitative estimate of drug-likeness (QED) is 0.556. The van der Waals surface area contributed by atoms with Gasteiger partial charge < -0.3 is 14.4 Å². The molecule has 2 atom stereocenters. The van der Waals surface area contributed by atoms with Gasteiger partial charge in [-0.25, -0.2) is 4.68 Å². The van der Waals surface area contributed by atoms with E-state index in [2.05, 4.69) is 27.1 Å². The van der Waals surface area contributed by atoms with Crippen molar-refractivity contribution in [3.05, 3.63) is 65.2 Å². The van der Waals surface area contributed by atoms with Crippen molar-refractivity contribution in [3.63, 3.8) is 0 Å². The van der Waals surface area contributed by atoms with E-state index in [4.69, 9.17) is 0 Å². The van der Waals surface area contributed by atoms with Crippen molar-refractivity contribution in [2.24, 2.45) is 0 Å². The van der Waals surface area contributed by atoms with Crippen molar-refractivity contribution >= 4 is 23.6 Å². The molecule has 36 heavy (non-hydrogen) atoms. The first-order valence-electron chi connectivity index (χ1n) is 12.1. The third kappa shape index (κ3) is 3.50. The maximum absolute atomic E-state index is 13.3. The second-order valence-electron chi connectivity index (χ2n) is 9.34. The molecule has 2 unspecified atom stereocenters. The summed E-state index contributed by atoms with van der Waals surface area (Å²) in [6, 6.07) is 8.69. The summed E-state index contributed by atoms with van der Waals surface area (Å²) in [5.41, 5.74) is 3.22. The van der Waals surface area contributed by atoms with Crippen LogP contribution < -0.4 is 5.32 Å². The number of nitrogens with zero attached hydrogens (tertiary/aromatic N) is 6. The van der Waals surface area contributed by atoms with Gasteiger partial charge in [-0.2, -0.15) is 0 Å².